The second-order valence-corrected chi connectivity index (χ2v) is 8.50. The van der Waals surface area contributed by atoms with E-state index in [1.165, 1.54) is 29.4 Å². The van der Waals surface area contributed by atoms with Crippen molar-refractivity contribution >= 4 is 40.2 Å². The normalized spacial score (nSPS) is 13.0. The minimum atomic E-state index is 1.27. The molecule has 0 amide bonds. The molecule has 4 rings (SSSR count). The summed E-state index contributed by atoms with van der Waals surface area (Å²) in [6.07, 6.45) is 0. The van der Waals surface area contributed by atoms with Gasteiger partial charge in [-0.15, -0.1) is 0 Å². The quantitative estimate of drug-likeness (QED) is 0.467. The Bertz CT molecular complexity index is 812. The van der Waals surface area contributed by atoms with Crippen molar-refractivity contribution in [2.75, 3.05) is 0 Å². The molecular formula is C20H14S3. The Morgan fingerprint density at radius 1 is 0.609 bits per heavy atom. The van der Waals surface area contributed by atoms with E-state index in [9.17, 15) is 0 Å². The second-order valence-electron chi connectivity index (χ2n) is 5.05. The smallest absolute Gasteiger partial charge is 0.0645 e. The summed E-state index contributed by atoms with van der Waals surface area (Å²) in [5, 5.41) is 0. The highest BCUT2D eigenvalue weighted by Crippen LogP contribution is 2.56. The van der Waals surface area contributed by atoms with E-state index in [-0.39, 0.29) is 0 Å². The minimum Gasteiger partial charge on any atom is -0.0877 e. The van der Waals surface area contributed by atoms with Gasteiger partial charge in [0.1, 0.15) is 0 Å². The third-order valence-corrected chi connectivity index (χ3v) is 7.41. The first-order chi connectivity index (χ1) is 11.4. The Balaban J connectivity index is 1.76. The fourth-order valence-corrected chi connectivity index (χ4v) is 6.12. The standard InChI is InChI=1S/C20H14S3/c1-3-9-15(10-4-1)19(21-16-11-5-2-6-12-16)20-22-17-13-7-8-14-18(17)23-20/h1-14H. The third kappa shape index (κ3) is 3.37. The van der Waals surface area contributed by atoms with Crippen LogP contribution >= 0.6 is 35.3 Å². The van der Waals surface area contributed by atoms with E-state index < -0.39 is 0 Å². The number of hydrogen-bond acceptors (Lipinski definition) is 3. The van der Waals surface area contributed by atoms with Crippen LogP contribution in [0.15, 0.2) is 104 Å². The first kappa shape index (κ1) is 15.0. The van der Waals surface area contributed by atoms with Gasteiger partial charge in [0.2, 0.25) is 0 Å². The SMILES string of the molecule is c1ccc(SC(=C2Sc3ccccc3S2)c2ccccc2)cc1. The highest BCUT2D eigenvalue weighted by atomic mass is 32.2. The molecule has 0 unspecified atom stereocenters. The second kappa shape index (κ2) is 6.91. The predicted molar refractivity (Wildman–Crippen MR) is 104 cm³/mol. The molecule has 0 fully saturated rings. The molecule has 112 valence electrons. The van der Waals surface area contributed by atoms with E-state index in [0.717, 1.165) is 0 Å². The van der Waals surface area contributed by atoms with Gasteiger partial charge >= 0.3 is 0 Å². The molecule has 1 aliphatic rings. The van der Waals surface area contributed by atoms with Crippen molar-refractivity contribution in [2.45, 2.75) is 14.7 Å². The lowest BCUT2D eigenvalue weighted by molar-refractivity contribution is 1.27. The largest absolute Gasteiger partial charge is 0.0877 e. The minimum absolute atomic E-state index is 1.27. The van der Waals surface area contributed by atoms with Crippen molar-refractivity contribution < 1.29 is 0 Å². The van der Waals surface area contributed by atoms with Gasteiger partial charge < -0.3 is 0 Å². The van der Waals surface area contributed by atoms with Gasteiger partial charge in [-0.25, -0.2) is 0 Å². The summed E-state index contributed by atoms with van der Waals surface area (Å²) in [7, 11) is 0. The highest BCUT2D eigenvalue weighted by Gasteiger charge is 2.22. The van der Waals surface area contributed by atoms with Crippen LogP contribution in [0.25, 0.3) is 4.91 Å². The van der Waals surface area contributed by atoms with Crippen molar-refractivity contribution in [3.05, 3.63) is 94.7 Å². The van der Waals surface area contributed by atoms with Gasteiger partial charge in [0, 0.05) is 19.6 Å². The van der Waals surface area contributed by atoms with E-state index in [1.54, 1.807) is 0 Å². The molecule has 23 heavy (non-hydrogen) atoms. The summed E-state index contributed by atoms with van der Waals surface area (Å²) >= 11 is 5.61. The summed E-state index contributed by atoms with van der Waals surface area (Å²) in [5.74, 6) is 0. The van der Waals surface area contributed by atoms with Crippen LogP contribution in [0.2, 0.25) is 0 Å². The van der Waals surface area contributed by atoms with Crippen LogP contribution < -0.4 is 0 Å². The fourth-order valence-electron chi connectivity index (χ4n) is 2.35. The van der Waals surface area contributed by atoms with Gasteiger partial charge in [0.15, 0.2) is 0 Å². The molecule has 0 saturated heterocycles. The lowest BCUT2D eigenvalue weighted by Crippen LogP contribution is -1.82. The van der Waals surface area contributed by atoms with Gasteiger partial charge in [-0.2, -0.15) is 0 Å². The van der Waals surface area contributed by atoms with Crippen LogP contribution in [-0.4, -0.2) is 0 Å². The molecular weight excluding hydrogens is 336 g/mol. The zero-order chi connectivity index (χ0) is 15.5. The van der Waals surface area contributed by atoms with E-state index in [4.69, 9.17) is 0 Å². The van der Waals surface area contributed by atoms with Gasteiger partial charge in [-0.05, 0) is 29.8 Å². The average Bonchev–Trinajstić information content (AvgIpc) is 3.05. The molecule has 0 spiro atoms. The van der Waals surface area contributed by atoms with E-state index in [2.05, 4.69) is 84.9 Å². The lowest BCUT2D eigenvalue weighted by atomic mass is 10.2. The molecule has 0 saturated carbocycles. The maximum absolute atomic E-state index is 2.20. The highest BCUT2D eigenvalue weighted by molar-refractivity contribution is 8.26. The molecule has 0 N–H and O–H groups in total. The molecule has 0 aliphatic carbocycles. The summed E-state index contributed by atoms with van der Waals surface area (Å²) in [6, 6.07) is 29.9. The van der Waals surface area contributed by atoms with Crippen LogP contribution in [0.1, 0.15) is 5.56 Å². The first-order valence-corrected chi connectivity index (χ1v) is 9.82. The first-order valence-electron chi connectivity index (χ1n) is 7.37. The summed E-state index contributed by atoms with van der Waals surface area (Å²) in [5.41, 5.74) is 1.28. The Kier molecular flexibility index (Phi) is 4.51. The van der Waals surface area contributed by atoms with Crippen molar-refractivity contribution in [3.8, 4) is 0 Å². The average molecular weight is 351 g/mol. The van der Waals surface area contributed by atoms with Crippen LogP contribution in [-0.2, 0) is 0 Å². The van der Waals surface area contributed by atoms with E-state index in [1.807, 2.05) is 35.3 Å². The predicted octanol–water partition coefficient (Wildman–Crippen LogP) is 7.00. The van der Waals surface area contributed by atoms with Crippen molar-refractivity contribution in [3.63, 3.8) is 0 Å². The van der Waals surface area contributed by atoms with Crippen molar-refractivity contribution in [1.29, 1.82) is 0 Å². The van der Waals surface area contributed by atoms with Crippen LogP contribution in [0.5, 0.6) is 0 Å². The molecule has 0 radical (unpaired) electrons. The van der Waals surface area contributed by atoms with Crippen molar-refractivity contribution in [1.82, 2.24) is 0 Å². The molecule has 3 aromatic carbocycles. The number of rotatable bonds is 3. The number of fused-ring (bicyclic) bond motifs is 1. The molecule has 1 heterocycles. The molecule has 0 aromatic heterocycles. The number of benzene rings is 3. The fraction of sp³-hybridized carbons (Fsp3) is 0. The third-order valence-electron chi connectivity index (χ3n) is 3.44. The van der Waals surface area contributed by atoms with Gasteiger partial charge in [-0.1, -0.05) is 95.9 Å². The zero-order valence-electron chi connectivity index (χ0n) is 12.3. The van der Waals surface area contributed by atoms with E-state index >= 15 is 0 Å². The van der Waals surface area contributed by atoms with Gasteiger partial charge in [-0.3, -0.25) is 0 Å². The van der Waals surface area contributed by atoms with Gasteiger partial charge in [0.05, 0.1) is 4.24 Å². The Morgan fingerprint density at radius 3 is 1.74 bits per heavy atom. The topological polar surface area (TPSA) is 0 Å². The van der Waals surface area contributed by atoms with Crippen molar-refractivity contribution in [2.24, 2.45) is 0 Å². The van der Waals surface area contributed by atoms with Gasteiger partial charge in [0.25, 0.3) is 0 Å². The summed E-state index contributed by atoms with van der Waals surface area (Å²) in [6.45, 7) is 0. The summed E-state index contributed by atoms with van der Waals surface area (Å²) < 4.78 is 1.37. The molecule has 0 atom stereocenters. The van der Waals surface area contributed by atoms with Crippen LogP contribution in [0, 0.1) is 0 Å². The molecule has 0 nitrogen and oxygen atoms in total. The Morgan fingerprint density at radius 2 is 1.13 bits per heavy atom. The monoisotopic (exact) mass is 350 g/mol. The summed E-state index contributed by atoms with van der Waals surface area (Å²) in [4.78, 5) is 5.32. The molecule has 1 aliphatic heterocycles. The van der Waals surface area contributed by atoms with Crippen LogP contribution in [0.3, 0.4) is 0 Å². The maximum Gasteiger partial charge on any atom is 0.0645 e. The number of thioether (sulfide) groups is 3. The lowest BCUT2D eigenvalue weighted by Gasteiger charge is -2.10. The Hall–Kier alpha value is -1.55. The number of hydrogen-bond donors (Lipinski definition) is 0. The molecule has 3 aromatic rings. The molecule has 0 bridgehead atoms. The van der Waals surface area contributed by atoms with Crippen LogP contribution in [0.4, 0.5) is 0 Å². The zero-order valence-corrected chi connectivity index (χ0v) is 14.8. The Labute approximate surface area is 149 Å². The maximum atomic E-state index is 2.20. The molecule has 3 heteroatoms. The van der Waals surface area contributed by atoms with E-state index in [0.29, 0.717) is 0 Å².